The van der Waals surface area contributed by atoms with Crippen molar-refractivity contribution in [3.8, 4) is 0 Å². The summed E-state index contributed by atoms with van der Waals surface area (Å²) in [5, 5.41) is 14.2. The van der Waals surface area contributed by atoms with E-state index in [0.29, 0.717) is 23.5 Å². The first kappa shape index (κ1) is 13.5. The molecule has 2 heterocycles. The van der Waals surface area contributed by atoms with Crippen LogP contribution in [0.4, 0.5) is 5.82 Å². The summed E-state index contributed by atoms with van der Waals surface area (Å²) in [5.74, 6) is 0.352. The molecule has 0 aliphatic carbocycles. The molecule has 0 saturated carbocycles. The second kappa shape index (κ2) is 6.30. The summed E-state index contributed by atoms with van der Waals surface area (Å²) >= 11 is 5.77. The van der Waals surface area contributed by atoms with E-state index in [0.717, 1.165) is 0 Å². The van der Waals surface area contributed by atoms with Gasteiger partial charge in [0.15, 0.2) is 11.5 Å². The van der Waals surface area contributed by atoms with Crippen molar-refractivity contribution in [3.63, 3.8) is 0 Å². The predicted octanol–water partition coefficient (Wildman–Crippen LogP) is -0.0832. The number of carbonyl (C=O) groups is 1. The van der Waals surface area contributed by atoms with Crippen LogP contribution >= 0.6 is 11.6 Å². The molecule has 0 saturated heterocycles. The summed E-state index contributed by atoms with van der Waals surface area (Å²) in [7, 11) is 0. The van der Waals surface area contributed by atoms with E-state index in [9.17, 15) is 4.79 Å². The van der Waals surface area contributed by atoms with Crippen LogP contribution in [0.2, 0.25) is 5.28 Å². The van der Waals surface area contributed by atoms with Gasteiger partial charge in [-0.25, -0.2) is 4.98 Å². The number of anilines is 1. The number of hydrogen-bond donors (Lipinski definition) is 4. The third-order valence-electron chi connectivity index (χ3n) is 2.34. The van der Waals surface area contributed by atoms with Crippen LogP contribution in [0.5, 0.6) is 0 Å². The molecule has 0 fully saturated rings. The average molecular weight is 285 g/mol. The Labute approximate surface area is 113 Å². The molecular formula is C10H13ClN6O2. The zero-order chi connectivity index (χ0) is 13.7. The number of aromatic nitrogens is 4. The second-order valence-electron chi connectivity index (χ2n) is 3.69. The topological polar surface area (TPSA) is 116 Å². The molecule has 9 heteroatoms. The van der Waals surface area contributed by atoms with Crippen LogP contribution in [-0.2, 0) is 4.79 Å². The summed E-state index contributed by atoms with van der Waals surface area (Å²) in [5.41, 5.74) is 1.10. The summed E-state index contributed by atoms with van der Waals surface area (Å²) in [4.78, 5) is 26.2. The molecule has 2 rings (SSSR count). The number of halogens is 1. The van der Waals surface area contributed by atoms with Gasteiger partial charge in [-0.05, 0) is 11.6 Å². The fraction of sp³-hybridized carbons (Fsp3) is 0.400. The van der Waals surface area contributed by atoms with Gasteiger partial charge in [0.05, 0.1) is 12.9 Å². The van der Waals surface area contributed by atoms with Gasteiger partial charge in [0.2, 0.25) is 11.2 Å². The van der Waals surface area contributed by atoms with Gasteiger partial charge in [-0.1, -0.05) is 0 Å². The van der Waals surface area contributed by atoms with Gasteiger partial charge < -0.3 is 20.7 Å². The van der Waals surface area contributed by atoms with Crippen molar-refractivity contribution in [1.29, 1.82) is 0 Å². The minimum absolute atomic E-state index is 0.0740. The van der Waals surface area contributed by atoms with Gasteiger partial charge in [0, 0.05) is 19.5 Å². The Kier molecular flexibility index (Phi) is 4.48. The first-order chi connectivity index (χ1) is 9.20. The number of aliphatic hydroxyl groups excluding tert-OH is 1. The molecule has 102 valence electrons. The number of nitrogens with one attached hydrogen (secondary N) is 3. The number of aromatic amines is 1. The molecule has 19 heavy (non-hydrogen) atoms. The van der Waals surface area contributed by atoms with Crippen molar-refractivity contribution in [3.05, 3.63) is 11.6 Å². The second-order valence-corrected chi connectivity index (χ2v) is 4.03. The molecule has 0 radical (unpaired) electrons. The maximum atomic E-state index is 11.3. The van der Waals surface area contributed by atoms with E-state index in [1.165, 1.54) is 6.33 Å². The maximum Gasteiger partial charge on any atom is 0.226 e. The number of carbonyl (C=O) groups excluding carboxylic acids is 1. The quantitative estimate of drug-likeness (QED) is 0.551. The summed E-state index contributed by atoms with van der Waals surface area (Å²) in [6.45, 7) is 0.567. The Morgan fingerprint density at radius 3 is 3.05 bits per heavy atom. The Morgan fingerprint density at radius 1 is 1.42 bits per heavy atom. The van der Waals surface area contributed by atoms with Crippen molar-refractivity contribution in [2.24, 2.45) is 0 Å². The van der Waals surface area contributed by atoms with Gasteiger partial charge in [0.1, 0.15) is 5.52 Å². The molecule has 0 aliphatic rings. The highest BCUT2D eigenvalue weighted by Gasteiger charge is 2.09. The predicted molar refractivity (Wildman–Crippen MR) is 69.9 cm³/mol. The highest BCUT2D eigenvalue weighted by atomic mass is 35.5. The number of hydrogen-bond acceptors (Lipinski definition) is 6. The highest BCUT2D eigenvalue weighted by molar-refractivity contribution is 6.28. The third-order valence-corrected chi connectivity index (χ3v) is 2.51. The molecule has 0 spiro atoms. The number of imidazole rings is 1. The van der Waals surface area contributed by atoms with Crippen molar-refractivity contribution in [2.45, 2.75) is 6.42 Å². The minimum Gasteiger partial charge on any atom is -0.395 e. The number of rotatable bonds is 6. The summed E-state index contributed by atoms with van der Waals surface area (Å²) in [6.07, 6.45) is 1.76. The standard InChI is InChI=1S/C10H13ClN6O2/c11-10-16-8(7-9(17-10)15-5-14-7)13-2-1-6(19)12-3-4-18/h5,18H,1-4H2,(H,12,19)(H2,13,14,15,16,17). The fourth-order valence-corrected chi connectivity index (χ4v) is 1.68. The van der Waals surface area contributed by atoms with Crippen LogP contribution in [-0.4, -0.2) is 50.6 Å². The Hall–Kier alpha value is -1.93. The number of fused-ring (bicyclic) bond motifs is 1. The van der Waals surface area contributed by atoms with E-state index in [-0.39, 0.29) is 30.8 Å². The summed E-state index contributed by atoms with van der Waals surface area (Å²) in [6, 6.07) is 0. The van der Waals surface area contributed by atoms with E-state index in [1.54, 1.807) is 0 Å². The molecule has 2 aromatic heterocycles. The molecular weight excluding hydrogens is 272 g/mol. The van der Waals surface area contributed by atoms with Crippen molar-refractivity contribution < 1.29 is 9.90 Å². The number of amides is 1. The average Bonchev–Trinajstić information content (AvgIpc) is 2.84. The molecule has 2 aromatic rings. The van der Waals surface area contributed by atoms with Crippen molar-refractivity contribution in [2.75, 3.05) is 25.0 Å². The maximum absolute atomic E-state index is 11.3. The van der Waals surface area contributed by atoms with Gasteiger partial charge in [-0.3, -0.25) is 4.79 Å². The van der Waals surface area contributed by atoms with Gasteiger partial charge in [-0.15, -0.1) is 0 Å². The molecule has 0 atom stereocenters. The number of H-pyrrole nitrogens is 1. The van der Waals surface area contributed by atoms with Gasteiger partial charge in [0.25, 0.3) is 0 Å². The van der Waals surface area contributed by atoms with Crippen LogP contribution in [0.1, 0.15) is 6.42 Å². The first-order valence-electron chi connectivity index (χ1n) is 5.68. The molecule has 0 unspecified atom stereocenters. The zero-order valence-corrected chi connectivity index (χ0v) is 10.7. The molecule has 8 nitrogen and oxygen atoms in total. The van der Waals surface area contributed by atoms with Crippen LogP contribution in [0, 0.1) is 0 Å². The molecule has 0 bridgehead atoms. The lowest BCUT2D eigenvalue weighted by molar-refractivity contribution is -0.120. The largest absolute Gasteiger partial charge is 0.395 e. The molecule has 0 aliphatic heterocycles. The SMILES string of the molecule is O=C(CCNc1nc(Cl)nc2nc[nH]c12)NCCO. The summed E-state index contributed by atoms with van der Waals surface area (Å²) < 4.78 is 0. The van der Waals surface area contributed by atoms with Crippen LogP contribution in [0.15, 0.2) is 6.33 Å². The molecule has 4 N–H and O–H groups in total. The monoisotopic (exact) mass is 284 g/mol. The number of aliphatic hydroxyl groups is 1. The fourth-order valence-electron chi connectivity index (χ4n) is 1.51. The molecule has 0 aromatic carbocycles. The number of nitrogens with zero attached hydrogens (tertiary/aromatic N) is 3. The van der Waals surface area contributed by atoms with E-state index in [2.05, 4.69) is 30.6 Å². The van der Waals surface area contributed by atoms with Crippen LogP contribution in [0.25, 0.3) is 11.2 Å². The third kappa shape index (κ3) is 3.52. The first-order valence-corrected chi connectivity index (χ1v) is 6.06. The smallest absolute Gasteiger partial charge is 0.226 e. The Balaban J connectivity index is 1.94. The lowest BCUT2D eigenvalue weighted by Crippen LogP contribution is -2.28. The van der Waals surface area contributed by atoms with E-state index in [4.69, 9.17) is 16.7 Å². The lowest BCUT2D eigenvalue weighted by atomic mass is 10.4. The highest BCUT2D eigenvalue weighted by Crippen LogP contribution is 2.18. The van der Waals surface area contributed by atoms with Crippen molar-refractivity contribution in [1.82, 2.24) is 25.3 Å². The Morgan fingerprint density at radius 2 is 2.26 bits per heavy atom. The van der Waals surface area contributed by atoms with Crippen LogP contribution < -0.4 is 10.6 Å². The van der Waals surface area contributed by atoms with Crippen LogP contribution in [0.3, 0.4) is 0 Å². The molecule has 1 amide bonds. The Bertz CT molecular complexity index is 572. The van der Waals surface area contributed by atoms with Gasteiger partial charge in [-0.2, -0.15) is 9.97 Å². The van der Waals surface area contributed by atoms with E-state index >= 15 is 0 Å². The zero-order valence-electron chi connectivity index (χ0n) is 9.98. The minimum atomic E-state index is -0.150. The lowest BCUT2D eigenvalue weighted by Gasteiger charge is -2.06. The normalized spacial score (nSPS) is 10.6. The van der Waals surface area contributed by atoms with Gasteiger partial charge >= 0.3 is 0 Å². The van der Waals surface area contributed by atoms with E-state index in [1.807, 2.05) is 0 Å². The van der Waals surface area contributed by atoms with E-state index < -0.39 is 0 Å². The van der Waals surface area contributed by atoms with Crippen molar-refractivity contribution >= 4 is 34.5 Å².